The third-order valence-corrected chi connectivity index (χ3v) is 4.58. The average molecular weight is 388 g/mol. The third kappa shape index (κ3) is 3.78. The Balaban J connectivity index is 1.88. The van der Waals surface area contributed by atoms with Crippen LogP contribution in [0.4, 0.5) is 0 Å². The summed E-state index contributed by atoms with van der Waals surface area (Å²) in [6.07, 6.45) is 0. The largest absolute Gasteiger partial charge is 0.493 e. The van der Waals surface area contributed by atoms with Gasteiger partial charge in [-0.2, -0.15) is 0 Å². The summed E-state index contributed by atoms with van der Waals surface area (Å²) < 4.78 is 12.8. The standard InChI is InChI=1S/C19H24N4O5/c1-11(2)10-28-15-6-5-13(7-16(15)27-4)18(24)23-9-17-21-20-12(3)22(17)8-14(23)19(25)26/h5-7,11,14H,8-10H2,1-4H3,(H,25,26). The highest BCUT2D eigenvalue weighted by Crippen LogP contribution is 2.30. The van der Waals surface area contributed by atoms with Crippen LogP contribution in [0.5, 0.6) is 11.5 Å². The number of nitrogens with zero attached hydrogens (tertiary/aromatic N) is 4. The quantitative estimate of drug-likeness (QED) is 0.803. The number of aromatic nitrogens is 3. The van der Waals surface area contributed by atoms with Crippen LogP contribution >= 0.6 is 0 Å². The van der Waals surface area contributed by atoms with E-state index in [1.807, 2.05) is 13.8 Å². The number of benzene rings is 1. The van der Waals surface area contributed by atoms with Gasteiger partial charge in [0.05, 0.1) is 26.8 Å². The lowest BCUT2D eigenvalue weighted by atomic mass is 10.1. The number of carboxylic acid groups (broad SMARTS) is 1. The summed E-state index contributed by atoms with van der Waals surface area (Å²) in [5.41, 5.74) is 0.324. The number of amides is 1. The zero-order chi connectivity index (χ0) is 20.4. The first-order valence-corrected chi connectivity index (χ1v) is 9.05. The second kappa shape index (κ2) is 7.87. The van der Waals surface area contributed by atoms with E-state index in [1.165, 1.54) is 12.0 Å². The molecule has 1 aromatic carbocycles. The molecule has 1 aliphatic heterocycles. The van der Waals surface area contributed by atoms with E-state index in [1.54, 1.807) is 29.7 Å². The van der Waals surface area contributed by atoms with Crippen LogP contribution in [0.3, 0.4) is 0 Å². The first kappa shape index (κ1) is 19.7. The Kier molecular flexibility index (Phi) is 5.53. The molecule has 1 amide bonds. The molecule has 9 heteroatoms. The number of fused-ring (bicyclic) bond motifs is 1. The predicted molar refractivity (Wildman–Crippen MR) is 99.4 cm³/mol. The van der Waals surface area contributed by atoms with E-state index in [0.29, 0.717) is 41.2 Å². The predicted octanol–water partition coefficient (Wildman–Crippen LogP) is 1.74. The van der Waals surface area contributed by atoms with Crippen molar-refractivity contribution < 1.29 is 24.2 Å². The van der Waals surface area contributed by atoms with Crippen LogP contribution in [0.2, 0.25) is 0 Å². The van der Waals surface area contributed by atoms with E-state index in [2.05, 4.69) is 10.2 Å². The first-order valence-electron chi connectivity index (χ1n) is 9.05. The maximum Gasteiger partial charge on any atom is 0.328 e. The van der Waals surface area contributed by atoms with E-state index in [-0.39, 0.29) is 13.1 Å². The molecule has 1 N–H and O–H groups in total. The van der Waals surface area contributed by atoms with Gasteiger partial charge in [0.15, 0.2) is 17.3 Å². The Labute approximate surface area is 162 Å². The average Bonchev–Trinajstić information content (AvgIpc) is 3.04. The summed E-state index contributed by atoms with van der Waals surface area (Å²) in [5, 5.41) is 17.7. The number of hydrogen-bond acceptors (Lipinski definition) is 6. The zero-order valence-corrected chi connectivity index (χ0v) is 16.4. The molecule has 1 aliphatic rings. The molecule has 1 aromatic heterocycles. The maximum atomic E-state index is 13.1. The fraction of sp³-hybridized carbons (Fsp3) is 0.474. The molecule has 0 saturated heterocycles. The molecule has 0 radical (unpaired) electrons. The number of rotatable bonds is 6. The normalized spacial score (nSPS) is 16.0. The van der Waals surface area contributed by atoms with Gasteiger partial charge in [-0.05, 0) is 31.0 Å². The Morgan fingerprint density at radius 3 is 2.68 bits per heavy atom. The van der Waals surface area contributed by atoms with E-state index in [0.717, 1.165) is 0 Å². The van der Waals surface area contributed by atoms with Crippen molar-refractivity contribution in [2.45, 2.75) is 39.9 Å². The van der Waals surface area contributed by atoms with E-state index in [4.69, 9.17) is 9.47 Å². The zero-order valence-electron chi connectivity index (χ0n) is 16.4. The number of aryl methyl sites for hydroxylation is 1. The van der Waals surface area contributed by atoms with Gasteiger partial charge in [-0.15, -0.1) is 10.2 Å². The van der Waals surface area contributed by atoms with Gasteiger partial charge in [0, 0.05) is 5.56 Å². The summed E-state index contributed by atoms with van der Waals surface area (Å²) >= 11 is 0. The van der Waals surface area contributed by atoms with Gasteiger partial charge in [-0.25, -0.2) is 4.79 Å². The Hall–Kier alpha value is -3.10. The van der Waals surface area contributed by atoms with Crippen molar-refractivity contribution in [2.24, 2.45) is 5.92 Å². The number of carboxylic acids is 1. The van der Waals surface area contributed by atoms with Crippen LogP contribution in [0.25, 0.3) is 0 Å². The van der Waals surface area contributed by atoms with Crippen molar-refractivity contribution in [3.8, 4) is 11.5 Å². The van der Waals surface area contributed by atoms with Gasteiger partial charge >= 0.3 is 5.97 Å². The monoisotopic (exact) mass is 388 g/mol. The Morgan fingerprint density at radius 2 is 2.04 bits per heavy atom. The van der Waals surface area contributed by atoms with Crippen LogP contribution in [-0.2, 0) is 17.9 Å². The Morgan fingerprint density at radius 1 is 1.29 bits per heavy atom. The molecule has 0 aliphatic carbocycles. The van der Waals surface area contributed by atoms with Gasteiger partial charge < -0.3 is 24.0 Å². The molecule has 3 rings (SSSR count). The number of ether oxygens (including phenoxy) is 2. The molecule has 2 heterocycles. The molecular weight excluding hydrogens is 364 g/mol. The van der Waals surface area contributed by atoms with Gasteiger partial charge in [0.25, 0.3) is 5.91 Å². The molecule has 2 aromatic rings. The maximum absolute atomic E-state index is 13.1. The van der Waals surface area contributed by atoms with Crippen molar-refractivity contribution in [2.75, 3.05) is 13.7 Å². The van der Waals surface area contributed by atoms with Crippen molar-refractivity contribution in [3.05, 3.63) is 35.4 Å². The summed E-state index contributed by atoms with van der Waals surface area (Å²) in [6.45, 7) is 6.53. The summed E-state index contributed by atoms with van der Waals surface area (Å²) in [5.74, 6) is 1.01. The molecule has 1 unspecified atom stereocenters. The lowest BCUT2D eigenvalue weighted by Crippen LogP contribution is -2.50. The van der Waals surface area contributed by atoms with Crippen LogP contribution in [-0.4, -0.2) is 56.4 Å². The second-order valence-corrected chi connectivity index (χ2v) is 7.13. The number of carbonyl (C=O) groups excluding carboxylic acids is 1. The number of carbonyl (C=O) groups is 2. The van der Waals surface area contributed by atoms with Crippen LogP contribution < -0.4 is 9.47 Å². The molecule has 0 bridgehead atoms. The van der Waals surface area contributed by atoms with Crippen LogP contribution in [0, 0.1) is 12.8 Å². The molecule has 0 saturated carbocycles. The molecule has 9 nitrogen and oxygen atoms in total. The van der Waals surface area contributed by atoms with Gasteiger partial charge in [0.2, 0.25) is 0 Å². The van der Waals surface area contributed by atoms with E-state index in [9.17, 15) is 14.7 Å². The van der Waals surface area contributed by atoms with Gasteiger partial charge in [-0.1, -0.05) is 13.8 Å². The van der Waals surface area contributed by atoms with Crippen molar-refractivity contribution in [1.82, 2.24) is 19.7 Å². The molecule has 28 heavy (non-hydrogen) atoms. The van der Waals surface area contributed by atoms with Gasteiger partial charge in [0.1, 0.15) is 11.9 Å². The first-order chi connectivity index (χ1) is 13.3. The van der Waals surface area contributed by atoms with Crippen LogP contribution in [0.15, 0.2) is 18.2 Å². The number of aliphatic carboxylic acids is 1. The lowest BCUT2D eigenvalue weighted by molar-refractivity contribution is -0.143. The van der Waals surface area contributed by atoms with E-state index >= 15 is 0 Å². The lowest BCUT2D eigenvalue weighted by Gasteiger charge is -2.33. The third-order valence-electron chi connectivity index (χ3n) is 4.58. The molecule has 0 fully saturated rings. The second-order valence-electron chi connectivity index (χ2n) is 7.13. The fourth-order valence-electron chi connectivity index (χ4n) is 3.08. The summed E-state index contributed by atoms with van der Waals surface area (Å²) in [4.78, 5) is 26.2. The highest BCUT2D eigenvalue weighted by atomic mass is 16.5. The van der Waals surface area contributed by atoms with E-state index < -0.39 is 17.9 Å². The highest BCUT2D eigenvalue weighted by molar-refractivity contribution is 5.97. The summed E-state index contributed by atoms with van der Waals surface area (Å²) in [6, 6.07) is 3.85. The van der Waals surface area contributed by atoms with Crippen LogP contribution in [0.1, 0.15) is 35.9 Å². The van der Waals surface area contributed by atoms with Crippen molar-refractivity contribution >= 4 is 11.9 Å². The highest BCUT2D eigenvalue weighted by Gasteiger charge is 2.37. The fourth-order valence-corrected chi connectivity index (χ4v) is 3.08. The SMILES string of the molecule is COc1cc(C(=O)N2Cc3nnc(C)n3CC2C(=O)O)ccc1OCC(C)C. The topological polar surface area (TPSA) is 107 Å². The molecule has 150 valence electrons. The van der Waals surface area contributed by atoms with Crippen molar-refractivity contribution in [1.29, 1.82) is 0 Å². The smallest absolute Gasteiger partial charge is 0.328 e. The minimum absolute atomic E-state index is 0.0740. The number of methoxy groups -OCH3 is 1. The van der Waals surface area contributed by atoms with Gasteiger partial charge in [-0.3, -0.25) is 4.79 Å². The minimum atomic E-state index is -1.07. The minimum Gasteiger partial charge on any atom is -0.493 e. The molecular formula is C19H24N4O5. The molecule has 1 atom stereocenters. The van der Waals surface area contributed by atoms with Crippen molar-refractivity contribution in [3.63, 3.8) is 0 Å². The number of hydrogen-bond donors (Lipinski definition) is 1. The summed E-state index contributed by atoms with van der Waals surface area (Å²) in [7, 11) is 1.50. The Bertz CT molecular complexity index is 892. The molecule has 0 spiro atoms.